The van der Waals surface area contributed by atoms with Crippen LogP contribution in [0, 0.1) is 0 Å². The molecule has 0 aliphatic heterocycles. The second-order valence-electron chi connectivity index (χ2n) is 7.17. The molecular weight excluding hydrogens is 318 g/mol. The van der Waals surface area contributed by atoms with Crippen molar-refractivity contribution in [3.8, 4) is 0 Å². The summed E-state index contributed by atoms with van der Waals surface area (Å²) in [6, 6.07) is 0.474. The van der Waals surface area contributed by atoms with Crippen molar-refractivity contribution in [2.24, 2.45) is 0 Å². The molecule has 0 aliphatic rings. The third-order valence-corrected chi connectivity index (χ3v) is 5.11. The van der Waals surface area contributed by atoms with E-state index in [9.17, 15) is 0 Å². The Labute approximate surface area is 157 Å². The number of hydrogen-bond acceptors (Lipinski definition) is 1. The summed E-state index contributed by atoms with van der Waals surface area (Å²) in [4.78, 5) is 2.22. The predicted molar refractivity (Wildman–Crippen MR) is 114 cm³/mol. The van der Waals surface area contributed by atoms with Gasteiger partial charge in [-0.2, -0.15) is 0 Å². The summed E-state index contributed by atoms with van der Waals surface area (Å²) >= 11 is 9.50. The lowest BCUT2D eigenvalue weighted by atomic mass is 10.0. The Balaban J connectivity index is 3.23. The summed E-state index contributed by atoms with van der Waals surface area (Å²) in [5, 5.41) is 0. The van der Waals surface area contributed by atoms with Crippen LogP contribution in [0.5, 0.6) is 0 Å². The molecular formula is C20H41NS2. The van der Waals surface area contributed by atoms with Gasteiger partial charge in [0.15, 0.2) is 0 Å². The van der Waals surface area contributed by atoms with Gasteiger partial charge in [-0.05, 0) is 20.3 Å². The van der Waals surface area contributed by atoms with Crippen molar-refractivity contribution in [3.63, 3.8) is 0 Å². The largest absolute Gasteiger partial charge is 0.355 e. The van der Waals surface area contributed by atoms with Gasteiger partial charge in [0.25, 0.3) is 0 Å². The zero-order chi connectivity index (χ0) is 17.3. The molecule has 0 N–H and O–H groups in total. The first kappa shape index (κ1) is 23.2. The van der Waals surface area contributed by atoms with Crippen LogP contribution in [0.4, 0.5) is 0 Å². The van der Waals surface area contributed by atoms with Crippen LogP contribution in [0.3, 0.4) is 0 Å². The first-order valence-corrected chi connectivity index (χ1v) is 10.9. The number of thiol groups is 1. The average Bonchev–Trinajstić information content (AvgIpc) is 2.50. The van der Waals surface area contributed by atoms with Gasteiger partial charge in [0.1, 0.15) is 4.32 Å². The third kappa shape index (κ3) is 15.5. The maximum Gasteiger partial charge on any atom is 0.133 e. The van der Waals surface area contributed by atoms with E-state index >= 15 is 0 Å². The van der Waals surface area contributed by atoms with Crippen LogP contribution in [0.1, 0.15) is 111 Å². The van der Waals surface area contributed by atoms with Crippen LogP contribution in [0.25, 0.3) is 0 Å². The molecule has 0 rings (SSSR count). The number of rotatable bonds is 16. The highest BCUT2D eigenvalue weighted by molar-refractivity contribution is 8.10. The molecule has 0 heterocycles. The van der Waals surface area contributed by atoms with Crippen molar-refractivity contribution >= 4 is 29.2 Å². The van der Waals surface area contributed by atoms with Crippen molar-refractivity contribution in [1.82, 2.24) is 4.90 Å². The van der Waals surface area contributed by atoms with Gasteiger partial charge in [0, 0.05) is 12.6 Å². The fraction of sp³-hybridized carbons (Fsp3) is 0.950. The molecule has 0 radical (unpaired) electrons. The highest BCUT2D eigenvalue weighted by Gasteiger charge is 2.09. The Bertz CT molecular complexity index is 266. The molecule has 0 fully saturated rings. The molecule has 138 valence electrons. The van der Waals surface area contributed by atoms with Crippen LogP contribution in [0.2, 0.25) is 0 Å². The molecule has 0 unspecified atom stereocenters. The normalized spacial score (nSPS) is 11.2. The zero-order valence-electron chi connectivity index (χ0n) is 16.0. The summed E-state index contributed by atoms with van der Waals surface area (Å²) < 4.78 is 0.745. The van der Waals surface area contributed by atoms with E-state index in [-0.39, 0.29) is 0 Å². The fourth-order valence-electron chi connectivity index (χ4n) is 3.05. The maximum absolute atomic E-state index is 5.18. The summed E-state index contributed by atoms with van der Waals surface area (Å²) in [7, 11) is 0. The number of hydrogen-bond donors (Lipinski definition) is 1. The number of unbranched alkanes of at least 4 members (excludes halogenated alkanes) is 13. The Kier molecular flexibility index (Phi) is 17.3. The van der Waals surface area contributed by atoms with Crippen LogP contribution in [-0.2, 0) is 0 Å². The SMILES string of the molecule is CCCCCCCCCCCCCCCCN(C(=S)S)C(C)C. The number of nitrogens with zero attached hydrogens (tertiary/aromatic N) is 1. The summed E-state index contributed by atoms with van der Waals surface area (Å²) in [5.41, 5.74) is 0. The Hall–Kier alpha value is 0.240. The fourth-order valence-corrected chi connectivity index (χ4v) is 3.68. The molecule has 0 aromatic rings. The van der Waals surface area contributed by atoms with E-state index in [1.54, 1.807) is 0 Å². The Morgan fingerprint density at radius 2 is 1.09 bits per heavy atom. The smallest absolute Gasteiger partial charge is 0.133 e. The van der Waals surface area contributed by atoms with Crippen molar-refractivity contribution < 1.29 is 0 Å². The molecule has 3 heteroatoms. The number of thiocarbonyl (C=S) groups is 1. The molecule has 0 atom stereocenters. The Morgan fingerprint density at radius 1 is 0.739 bits per heavy atom. The first-order valence-electron chi connectivity index (χ1n) is 10.1. The van der Waals surface area contributed by atoms with Crippen LogP contribution < -0.4 is 0 Å². The van der Waals surface area contributed by atoms with E-state index < -0.39 is 0 Å². The average molecular weight is 360 g/mol. The highest BCUT2D eigenvalue weighted by Crippen LogP contribution is 2.13. The predicted octanol–water partition coefficient (Wildman–Crippen LogP) is 7.39. The molecule has 1 nitrogen and oxygen atoms in total. The van der Waals surface area contributed by atoms with E-state index in [2.05, 4.69) is 38.3 Å². The molecule has 0 bridgehead atoms. The Morgan fingerprint density at radius 3 is 1.39 bits per heavy atom. The second-order valence-corrected chi connectivity index (χ2v) is 8.28. The van der Waals surface area contributed by atoms with Gasteiger partial charge in [-0.3, -0.25) is 0 Å². The molecule has 23 heavy (non-hydrogen) atoms. The molecule has 0 saturated carbocycles. The first-order chi connectivity index (χ1) is 11.1. The van der Waals surface area contributed by atoms with Crippen molar-refractivity contribution in [1.29, 1.82) is 0 Å². The summed E-state index contributed by atoms with van der Waals surface area (Å²) in [5.74, 6) is 0. The standard InChI is InChI=1S/C20H41NS2/c1-4-5-6-7-8-9-10-11-12-13-14-15-16-17-18-21(19(2)3)20(22)23/h19H,4-18H2,1-3H3,(H,22,23). The van der Waals surface area contributed by atoms with Crippen LogP contribution >= 0.6 is 24.8 Å². The highest BCUT2D eigenvalue weighted by atomic mass is 32.1. The van der Waals surface area contributed by atoms with Gasteiger partial charge in [-0.25, -0.2) is 0 Å². The van der Waals surface area contributed by atoms with Gasteiger partial charge < -0.3 is 4.90 Å². The molecule has 0 saturated heterocycles. The maximum atomic E-state index is 5.18. The minimum atomic E-state index is 0.474. The quantitative estimate of drug-likeness (QED) is 0.174. The molecule has 0 aromatic heterocycles. The lowest BCUT2D eigenvalue weighted by Crippen LogP contribution is -2.33. The van der Waals surface area contributed by atoms with Crippen LogP contribution in [0.15, 0.2) is 0 Å². The zero-order valence-corrected chi connectivity index (χ0v) is 17.7. The van der Waals surface area contributed by atoms with Gasteiger partial charge in [-0.1, -0.05) is 103 Å². The van der Waals surface area contributed by atoms with Gasteiger partial charge in [0.05, 0.1) is 0 Å². The molecule has 0 aromatic carbocycles. The van der Waals surface area contributed by atoms with E-state index in [0.717, 1.165) is 10.9 Å². The summed E-state index contributed by atoms with van der Waals surface area (Å²) in [6.07, 6.45) is 19.7. The minimum Gasteiger partial charge on any atom is -0.355 e. The molecule has 0 amide bonds. The van der Waals surface area contributed by atoms with E-state index in [1.165, 1.54) is 89.9 Å². The van der Waals surface area contributed by atoms with Crippen molar-refractivity contribution in [3.05, 3.63) is 0 Å². The second kappa shape index (κ2) is 17.1. The van der Waals surface area contributed by atoms with E-state index in [4.69, 9.17) is 12.2 Å². The van der Waals surface area contributed by atoms with E-state index in [1.807, 2.05) is 0 Å². The molecule has 0 spiro atoms. The van der Waals surface area contributed by atoms with Gasteiger partial charge in [0.2, 0.25) is 0 Å². The topological polar surface area (TPSA) is 3.24 Å². The lowest BCUT2D eigenvalue weighted by Gasteiger charge is -2.26. The van der Waals surface area contributed by atoms with Crippen molar-refractivity contribution in [2.45, 2.75) is 117 Å². The lowest BCUT2D eigenvalue weighted by molar-refractivity contribution is 0.349. The van der Waals surface area contributed by atoms with Crippen molar-refractivity contribution in [2.75, 3.05) is 6.54 Å². The minimum absolute atomic E-state index is 0.474. The van der Waals surface area contributed by atoms with E-state index in [0.29, 0.717) is 6.04 Å². The third-order valence-electron chi connectivity index (χ3n) is 4.62. The van der Waals surface area contributed by atoms with Gasteiger partial charge >= 0.3 is 0 Å². The monoisotopic (exact) mass is 359 g/mol. The molecule has 0 aliphatic carbocycles. The van der Waals surface area contributed by atoms with Crippen LogP contribution in [-0.4, -0.2) is 21.8 Å². The summed E-state index contributed by atoms with van der Waals surface area (Å²) in [6.45, 7) is 7.73. The van der Waals surface area contributed by atoms with Gasteiger partial charge in [-0.15, -0.1) is 12.6 Å².